The molecule has 1 atom stereocenters. The quantitative estimate of drug-likeness (QED) is 0.459. The summed E-state index contributed by atoms with van der Waals surface area (Å²) in [4.78, 5) is 4.13. The summed E-state index contributed by atoms with van der Waals surface area (Å²) >= 11 is 0. The molecule has 3 heteroatoms. The predicted molar refractivity (Wildman–Crippen MR) is 36.3 cm³/mol. The molecule has 0 aliphatic carbocycles. The van der Waals surface area contributed by atoms with Gasteiger partial charge in [0.05, 0.1) is 21.1 Å². The average molecular weight is 129 g/mol. The van der Waals surface area contributed by atoms with Gasteiger partial charge in [0.1, 0.15) is 0 Å². The molecule has 0 N–H and O–H groups in total. The van der Waals surface area contributed by atoms with Crippen molar-refractivity contribution in [2.45, 2.75) is 6.17 Å². The molecule has 0 saturated carbocycles. The summed E-state index contributed by atoms with van der Waals surface area (Å²) in [6, 6.07) is 0. The van der Waals surface area contributed by atoms with E-state index in [9.17, 15) is 0 Å². The number of hydrogen-bond donors (Lipinski definition) is 0. The van der Waals surface area contributed by atoms with Crippen LogP contribution in [0.15, 0.2) is 4.99 Å². The van der Waals surface area contributed by atoms with Crippen molar-refractivity contribution in [1.82, 2.24) is 0 Å². The van der Waals surface area contributed by atoms with Crippen LogP contribution in [-0.2, 0) is 4.74 Å². The number of rotatable bonds is 1. The summed E-state index contributed by atoms with van der Waals surface area (Å²) in [6.07, 6.45) is 1.83. The van der Waals surface area contributed by atoms with Crippen molar-refractivity contribution in [2.75, 3.05) is 27.7 Å². The molecule has 0 amide bonds. The van der Waals surface area contributed by atoms with Crippen molar-refractivity contribution in [3.8, 4) is 0 Å². The van der Waals surface area contributed by atoms with Gasteiger partial charge in [0.25, 0.3) is 0 Å². The summed E-state index contributed by atoms with van der Waals surface area (Å²) in [7, 11) is 6.32. The van der Waals surface area contributed by atoms with Crippen LogP contribution >= 0.6 is 0 Å². The second-order valence-corrected chi connectivity index (χ2v) is 3.18. The molecule has 52 valence electrons. The molecular formula is C6H13N2O+. The van der Waals surface area contributed by atoms with Gasteiger partial charge in [0.15, 0.2) is 13.0 Å². The van der Waals surface area contributed by atoms with Crippen molar-refractivity contribution < 1.29 is 9.22 Å². The number of quaternary nitrogens is 1. The Morgan fingerprint density at radius 2 is 2.22 bits per heavy atom. The zero-order valence-electron chi connectivity index (χ0n) is 6.16. The highest BCUT2D eigenvalue weighted by molar-refractivity contribution is 5.48. The Balaban J connectivity index is 2.53. The molecule has 0 fully saturated rings. The summed E-state index contributed by atoms with van der Waals surface area (Å²) in [5, 5.41) is 0. The molecule has 0 bridgehead atoms. The van der Waals surface area contributed by atoms with Gasteiger partial charge in [-0.2, -0.15) is 4.99 Å². The minimum Gasteiger partial charge on any atom is -0.475 e. The second kappa shape index (κ2) is 1.99. The van der Waals surface area contributed by atoms with E-state index < -0.39 is 0 Å². The molecule has 1 rings (SSSR count). The van der Waals surface area contributed by atoms with Gasteiger partial charge in [-0.05, 0) is 0 Å². The summed E-state index contributed by atoms with van der Waals surface area (Å²) in [6.45, 7) is 0.726. The zero-order chi connectivity index (χ0) is 6.91. The first-order valence-electron chi connectivity index (χ1n) is 3.05. The van der Waals surface area contributed by atoms with Crippen molar-refractivity contribution in [2.24, 2.45) is 4.99 Å². The highest BCUT2D eigenvalue weighted by Crippen LogP contribution is 2.07. The van der Waals surface area contributed by atoms with Gasteiger partial charge in [-0.15, -0.1) is 0 Å². The van der Waals surface area contributed by atoms with E-state index in [2.05, 4.69) is 26.1 Å². The normalized spacial score (nSPS) is 26.3. The highest BCUT2D eigenvalue weighted by Gasteiger charge is 2.25. The Hall–Kier alpha value is -0.570. The van der Waals surface area contributed by atoms with E-state index in [1.165, 1.54) is 6.40 Å². The van der Waals surface area contributed by atoms with E-state index in [0.29, 0.717) is 6.17 Å². The van der Waals surface area contributed by atoms with Crippen LogP contribution in [0.4, 0.5) is 0 Å². The summed E-state index contributed by atoms with van der Waals surface area (Å²) in [5.74, 6) is 0. The molecule has 1 heterocycles. The van der Waals surface area contributed by atoms with E-state index >= 15 is 0 Å². The molecule has 1 unspecified atom stereocenters. The average Bonchev–Trinajstić information content (AvgIpc) is 2.08. The molecule has 3 nitrogen and oxygen atoms in total. The molecule has 0 aromatic rings. The Labute approximate surface area is 55.5 Å². The fourth-order valence-electron chi connectivity index (χ4n) is 0.709. The van der Waals surface area contributed by atoms with Crippen LogP contribution < -0.4 is 0 Å². The Bertz CT molecular complexity index is 126. The van der Waals surface area contributed by atoms with E-state index in [-0.39, 0.29) is 0 Å². The summed E-state index contributed by atoms with van der Waals surface area (Å²) in [5.41, 5.74) is 0. The van der Waals surface area contributed by atoms with E-state index in [1.807, 2.05) is 0 Å². The Morgan fingerprint density at radius 3 is 2.44 bits per heavy atom. The third-order valence-electron chi connectivity index (χ3n) is 1.45. The lowest BCUT2D eigenvalue weighted by molar-refractivity contribution is -0.894. The molecule has 0 aromatic heterocycles. The van der Waals surface area contributed by atoms with Gasteiger partial charge in [-0.1, -0.05) is 0 Å². The number of likely N-dealkylation sites (N-methyl/N-ethyl adjacent to an activating group) is 1. The van der Waals surface area contributed by atoms with Gasteiger partial charge in [0.2, 0.25) is 6.17 Å². The Morgan fingerprint density at radius 1 is 1.56 bits per heavy atom. The van der Waals surface area contributed by atoms with Crippen LogP contribution in [0, 0.1) is 0 Å². The largest absolute Gasteiger partial charge is 0.475 e. The maximum absolute atomic E-state index is 4.98. The van der Waals surface area contributed by atoms with E-state index in [4.69, 9.17) is 4.74 Å². The fourth-order valence-corrected chi connectivity index (χ4v) is 0.709. The predicted octanol–water partition coefficient (Wildman–Crippen LogP) is 0.0772. The minimum atomic E-state index is 0.296. The lowest BCUT2D eigenvalue weighted by atomic mass is 10.4. The topological polar surface area (TPSA) is 21.6 Å². The van der Waals surface area contributed by atoms with Crippen LogP contribution in [-0.4, -0.2) is 44.8 Å². The van der Waals surface area contributed by atoms with Crippen LogP contribution in [0.3, 0.4) is 0 Å². The van der Waals surface area contributed by atoms with Gasteiger partial charge in [-0.3, -0.25) is 0 Å². The first-order chi connectivity index (χ1) is 4.11. The maximum atomic E-state index is 4.98. The van der Waals surface area contributed by atoms with E-state index in [0.717, 1.165) is 11.1 Å². The van der Waals surface area contributed by atoms with Crippen LogP contribution in [0.1, 0.15) is 0 Å². The van der Waals surface area contributed by atoms with Crippen molar-refractivity contribution in [1.29, 1.82) is 0 Å². The fraction of sp³-hybridized carbons (Fsp3) is 0.833. The van der Waals surface area contributed by atoms with Gasteiger partial charge in [0, 0.05) is 0 Å². The molecular weight excluding hydrogens is 116 g/mol. The monoisotopic (exact) mass is 129 g/mol. The Kier molecular flexibility index (Phi) is 1.45. The van der Waals surface area contributed by atoms with E-state index in [1.54, 1.807) is 0 Å². The van der Waals surface area contributed by atoms with Crippen LogP contribution in [0.25, 0.3) is 0 Å². The van der Waals surface area contributed by atoms with Gasteiger partial charge in [-0.25, -0.2) is 0 Å². The lowest BCUT2D eigenvalue weighted by Crippen LogP contribution is -2.44. The first-order valence-corrected chi connectivity index (χ1v) is 3.05. The molecule has 0 aromatic carbocycles. The number of nitrogens with zero attached hydrogens (tertiary/aromatic N) is 2. The molecule has 9 heavy (non-hydrogen) atoms. The molecule has 0 spiro atoms. The van der Waals surface area contributed by atoms with Crippen molar-refractivity contribution >= 4 is 6.40 Å². The van der Waals surface area contributed by atoms with Crippen LogP contribution in [0.5, 0.6) is 0 Å². The van der Waals surface area contributed by atoms with Gasteiger partial charge >= 0.3 is 0 Å². The lowest BCUT2D eigenvalue weighted by Gasteiger charge is -2.27. The number of aliphatic imine (C=N–C) groups is 1. The molecule has 0 saturated heterocycles. The third-order valence-corrected chi connectivity index (χ3v) is 1.45. The molecule has 0 radical (unpaired) electrons. The standard InChI is InChI=1S/C6H13N2O/c1-8(2,3)6-4-9-5-7-6/h5-6H,4H2,1-3H3/q+1. The van der Waals surface area contributed by atoms with Crippen LogP contribution in [0.2, 0.25) is 0 Å². The second-order valence-electron chi connectivity index (χ2n) is 3.18. The SMILES string of the molecule is C[N+](C)(C)C1COC=N1. The number of hydrogen-bond acceptors (Lipinski definition) is 2. The highest BCUT2D eigenvalue weighted by atomic mass is 16.5. The summed E-state index contributed by atoms with van der Waals surface area (Å²) < 4.78 is 5.82. The minimum absolute atomic E-state index is 0.296. The number of ether oxygens (including phenoxy) is 1. The zero-order valence-corrected chi connectivity index (χ0v) is 6.16. The molecule has 1 aliphatic heterocycles. The maximum Gasteiger partial charge on any atom is 0.219 e. The van der Waals surface area contributed by atoms with Crippen molar-refractivity contribution in [3.63, 3.8) is 0 Å². The molecule has 1 aliphatic rings. The smallest absolute Gasteiger partial charge is 0.219 e. The third kappa shape index (κ3) is 1.42. The first kappa shape index (κ1) is 6.55. The van der Waals surface area contributed by atoms with Gasteiger partial charge < -0.3 is 9.22 Å². The van der Waals surface area contributed by atoms with Crippen molar-refractivity contribution in [3.05, 3.63) is 0 Å².